The summed E-state index contributed by atoms with van der Waals surface area (Å²) in [4.78, 5) is 12.7. The lowest BCUT2D eigenvalue weighted by Crippen LogP contribution is -2.48. The van der Waals surface area contributed by atoms with Crippen LogP contribution in [0, 0.1) is 5.41 Å². The lowest BCUT2D eigenvalue weighted by Gasteiger charge is -2.38. The summed E-state index contributed by atoms with van der Waals surface area (Å²) in [5.41, 5.74) is 0.158. The first-order valence-corrected chi connectivity index (χ1v) is 5.93. The smallest absolute Gasteiger partial charge is 0.225 e. The summed E-state index contributed by atoms with van der Waals surface area (Å²) in [7, 11) is 0. The van der Waals surface area contributed by atoms with Gasteiger partial charge in [0.15, 0.2) is 0 Å². The van der Waals surface area contributed by atoms with Gasteiger partial charge >= 0.3 is 0 Å². The molecular weight excluding hydrogens is 210 g/mol. The predicted molar refractivity (Wildman–Crippen MR) is 60.0 cm³/mol. The zero-order valence-corrected chi connectivity index (χ0v) is 9.60. The fourth-order valence-corrected chi connectivity index (χ4v) is 2.20. The fourth-order valence-electron chi connectivity index (χ4n) is 1.50. The molecule has 1 aliphatic heterocycles. The van der Waals surface area contributed by atoms with Gasteiger partial charge in [0, 0.05) is 16.8 Å². The molecule has 1 fully saturated rings. The maximum absolute atomic E-state index is 11.6. The minimum atomic E-state index is 0.102. The van der Waals surface area contributed by atoms with E-state index in [1.54, 1.807) is 11.3 Å². The van der Waals surface area contributed by atoms with Gasteiger partial charge in [-0.15, -0.1) is 11.3 Å². The number of rotatable bonds is 4. The number of hydrogen-bond donors (Lipinski definition) is 1. The number of hydrogen-bond acceptors (Lipinski definition) is 3. The Morgan fingerprint density at radius 3 is 3.00 bits per heavy atom. The maximum atomic E-state index is 11.6. The van der Waals surface area contributed by atoms with Crippen molar-refractivity contribution in [2.75, 3.05) is 19.8 Å². The van der Waals surface area contributed by atoms with Gasteiger partial charge in [0.1, 0.15) is 0 Å². The van der Waals surface area contributed by atoms with Crippen molar-refractivity contribution in [3.05, 3.63) is 22.4 Å². The van der Waals surface area contributed by atoms with Crippen LogP contribution in [0.2, 0.25) is 0 Å². The Bertz CT molecular complexity index is 330. The van der Waals surface area contributed by atoms with Crippen LogP contribution in [0.25, 0.3) is 0 Å². The number of thiophene rings is 1. The van der Waals surface area contributed by atoms with Crippen molar-refractivity contribution >= 4 is 17.2 Å². The van der Waals surface area contributed by atoms with Crippen molar-refractivity contribution in [2.45, 2.75) is 13.3 Å². The fraction of sp³-hybridized carbons (Fsp3) is 0.545. The van der Waals surface area contributed by atoms with Gasteiger partial charge in [-0.1, -0.05) is 13.0 Å². The molecule has 0 saturated carbocycles. The number of carbonyl (C=O) groups is 1. The molecule has 0 aromatic carbocycles. The quantitative estimate of drug-likeness (QED) is 0.842. The minimum absolute atomic E-state index is 0.102. The summed E-state index contributed by atoms with van der Waals surface area (Å²) in [6, 6.07) is 3.95. The molecule has 2 rings (SSSR count). The van der Waals surface area contributed by atoms with Crippen LogP contribution in [0.15, 0.2) is 17.5 Å². The summed E-state index contributed by atoms with van der Waals surface area (Å²) < 4.78 is 5.13. The number of carbonyl (C=O) groups excluding carboxylic acids is 1. The van der Waals surface area contributed by atoms with Gasteiger partial charge in [-0.25, -0.2) is 0 Å². The lowest BCUT2D eigenvalue weighted by molar-refractivity contribution is -0.126. The average Bonchev–Trinajstić information content (AvgIpc) is 2.64. The van der Waals surface area contributed by atoms with Crippen LogP contribution in [-0.2, 0) is 16.0 Å². The van der Waals surface area contributed by atoms with Crippen LogP contribution in [0.5, 0.6) is 0 Å². The van der Waals surface area contributed by atoms with Crippen molar-refractivity contribution in [2.24, 2.45) is 5.41 Å². The molecule has 0 aliphatic carbocycles. The second kappa shape index (κ2) is 4.33. The summed E-state index contributed by atoms with van der Waals surface area (Å²) in [6.07, 6.45) is 0.495. The van der Waals surface area contributed by atoms with Crippen molar-refractivity contribution in [1.82, 2.24) is 5.32 Å². The molecule has 0 atom stereocenters. The molecule has 1 saturated heterocycles. The van der Waals surface area contributed by atoms with E-state index in [0.29, 0.717) is 6.42 Å². The molecule has 3 nitrogen and oxygen atoms in total. The van der Waals surface area contributed by atoms with E-state index in [2.05, 4.69) is 12.2 Å². The van der Waals surface area contributed by atoms with Gasteiger partial charge in [0.05, 0.1) is 19.6 Å². The third-order valence-corrected chi connectivity index (χ3v) is 3.40. The van der Waals surface area contributed by atoms with Crippen LogP contribution in [0.3, 0.4) is 0 Å². The van der Waals surface area contributed by atoms with Crippen molar-refractivity contribution in [3.63, 3.8) is 0 Å². The van der Waals surface area contributed by atoms with Crippen molar-refractivity contribution in [3.8, 4) is 0 Å². The first kappa shape index (κ1) is 10.6. The Morgan fingerprint density at radius 1 is 1.67 bits per heavy atom. The molecule has 82 valence electrons. The predicted octanol–water partition coefficient (Wildman–Crippen LogP) is 1.44. The Kier molecular flexibility index (Phi) is 3.07. The van der Waals surface area contributed by atoms with Crippen LogP contribution in [-0.4, -0.2) is 25.7 Å². The SMILES string of the molecule is CC1(CNC(=O)Cc2cccs2)COC1. The molecule has 4 heteroatoms. The molecule has 2 heterocycles. The highest BCUT2D eigenvalue weighted by atomic mass is 32.1. The van der Waals surface area contributed by atoms with E-state index in [0.717, 1.165) is 24.6 Å². The topological polar surface area (TPSA) is 38.3 Å². The first-order valence-electron chi connectivity index (χ1n) is 5.05. The largest absolute Gasteiger partial charge is 0.380 e. The molecule has 0 unspecified atom stereocenters. The first-order chi connectivity index (χ1) is 7.18. The Morgan fingerprint density at radius 2 is 2.47 bits per heavy atom. The molecule has 1 aliphatic rings. The molecule has 1 N–H and O–H groups in total. The molecule has 0 bridgehead atoms. The van der Waals surface area contributed by atoms with Crippen LogP contribution >= 0.6 is 11.3 Å². The number of ether oxygens (including phenoxy) is 1. The highest BCUT2D eigenvalue weighted by molar-refractivity contribution is 7.10. The van der Waals surface area contributed by atoms with Gasteiger partial charge in [-0.05, 0) is 11.4 Å². The van der Waals surface area contributed by atoms with E-state index in [-0.39, 0.29) is 11.3 Å². The van der Waals surface area contributed by atoms with E-state index in [1.807, 2.05) is 17.5 Å². The molecule has 1 aromatic rings. The van der Waals surface area contributed by atoms with Crippen molar-refractivity contribution in [1.29, 1.82) is 0 Å². The molecular formula is C11H15NO2S. The van der Waals surface area contributed by atoms with Crippen molar-refractivity contribution < 1.29 is 9.53 Å². The highest BCUT2D eigenvalue weighted by Gasteiger charge is 2.33. The third kappa shape index (κ3) is 2.79. The Balaban J connectivity index is 1.73. The zero-order valence-electron chi connectivity index (χ0n) is 8.79. The number of amides is 1. The van der Waals surface area contributed by atoms with E-state index in [1.165, 1.54) is 0 Å². The molecule has 0 spiro atoms. The van der Waals surface area contributed by atoms with Gasteiger partial charge in [0.2, 0.25) is 5.91 Å². The standard InChI is InChI=1S/C11H15NO2S/c1-11(7-14-8-11)6-12-10(13)5-9-3-2-4-15-9/h2-4H,5-8H2,1H3,(H,12,13). The third-order valence-electron chi connectivity index (χ3n) is 2.53. The number of nitrogens with one attached hydrogen (secondary N) is 1. The van der Waals surface area contributed by atoms with Gasteiger partial charge in [-0.3, -0.25) is 4.79 Å². The minimum Gasteiger partial charge on any atom is -0.380 e. The molecule has 1 aromatic heterocycles. The summed E-state index contributed by atoms with van der Waals surface area (Å²) in [6.45, 7) is 4.36. The van der Waals surface area contributed by atoms with Gasteiger partial charge in [0.25, 0.3) is 0 Å². The zero-order chi connectivity index (χ0) is 10.7. The summed E-state index contributed by atoms with van der Waals surface area (Å²) in [5.74, 6) is 0.102. The molecule has 15 heavy (non-hydrogen) atoms. The normalized spacial score (nSPS) is 18.2. The average molecular weight is 225 g/mol. The Labute approximate surface area is 93.4 Å². The van der Waals surface area contributed by atoms with Crippen LogP contribution in [0.1, 0.15) is 11.8 Å². The second-order valence-electron chi connectivity index (χ2n) is 4.34. The highest BCUT2D eigenvalue weighted by Crippen LogP contribution is 2.25. The lowest BCUT2D eigenvalue weighted by atomic mass is 9.89. The molecule has 0 radical (unpaired) electrons. The van der Waals surface area contributed by atoms with E-state index < -0.39 is 0 Å². The maximum Gasteiger partial charge on any atom is 0.225 e. The second-order valence-corrected chi connectivity index (χ2v) is 5.37. The summed E-state index contributed by atoms with van der Waals surface area (Å²) in [5, 5.41) is 4.94. The van der Waals surface area contributed by atoms with E-state index in [9.17, 15) is 4.79 Å². The molecule has 1 amide bonds. The van der Waals surface area contributed by atoms with Gasteiger partial charge in [-0.2, -0.15) is 0 Å². The summed E-state index contributed by atoms with van der Waals surface area (Å²) >= 11 is 1.62. The van der Waals surface area contributed by atoms with Crippen LogP contribution in [0.4, 0.5) is 0 Å². The Hall–Kier alpha value is -0.870. The monoisotopic (exact) mass is 225 g/mol. The van der Waals surface area contributed by atoms with Crippen LogP contribution < -0.4 is 5.32 Å². The van der Waals surface area contributed by atoms with Gasteiger partial charge < -0.3 is 10.1 Å². The van der Waals surface area contributed by atoms with E-state index in [4.69, 9.17) is 4.74 Å². The van der Waals surface area contributed by atoms with E-state index >= 15 is 0 Å².